The molecule has 1 atom stereocenters. The molecule has 108 valence electrons. The number of rotatable bonds is 3. The highest BCUT2D eigenvalue weighted by Gasteiger charge is 2.40. The van der Waals surface area contributed by atoms with Gasteiger partial charge in [-0.1, -0.05) is 13.0 Å². The normalized spacial score (nSPS) is 15.4. The standard InChI is InChI=1S/C16H16N2O2S/c1-3-10-7-8-13(21-10)9(2)18-15(19)11-5-4-6-12(17)14(11)16(18)20/h4-9H,3,17H2,1-2H3. The lowest BCUT2D eigenvalue weighted by molar-refractivity contribution is 0.0598. The van der Waals surface area contributed by atoms with Crippen LogP contribution in [0.3, 0.4) is 0 Å². The second kappa shape index (κ2) is 5.00. The highest BCUT2D eigenvalue weighted by Crippen LogP contribution is 2.36. The van der Waals surface area contributed by atoms with E-state index in [1.165, 1.54) is 9.78 Å². The van der Waals surface area contributed by atoms with Crippen molar-refractivity contribution in [3.05, 3.63) is 51.2 Å². The Hall–Kier alpha value is -2.14. The number of nitrogen functional groups attached to an aromatic ring is 1. The van der Waals surface area contributed by atoms with E-state index in [0.29, 0.717) is 16.8 Å². The predicted molar refractivity (Wildman–Crippen MR) is 83.5 cm³/mol. The zero-order valence-corrected chi connectivity index (χ0v) is 12.7. The number of imide groups is 1. The molecule has 4 nitrogen and oxygen atoms in total. The molecule has 2 N–H and O–H groups in total. The zero-order chi connectivity index (χ0) is 15.1. The SMILES string of the molecule is CCc1ccc(C(C)N2C(=O)c3cccc(N)c3C2=O)s1. The van der Waals surface area contributed by atoms with Crippen molar-refractivity contribution in [3.8, 4) is 0 Å². The molecule has 0 saturated heterocycles. The predicted octanol–water partition coefficient (Wildman–Crippen LogP) is 3.25. The lowest BCUT2D eigenvalue weighted by atomic mass is 10.1. The van der Waals surface area contributed by atoms with Crippen molar-refractivity contribution >= 4 is 28.8 Å². The Bertz CT molecular complexity index is 736. The summed E-state index contributed by atoms with van der Waals surface area (Å²) in [6, 6.07) is 8.77. The molecule has 5 heteroatoms. The summed E-state index contributed by atoms with van der Waals surface area (Å²) < 4.78 is 0. The molecular formula is C16H16N2O2S. The number of amides is 2. The van der Waals surface area contributed by atoms with Gasteiger partial charge in [0.1, 0.15) is 0 Å². The van der Waals surface area contributed by atoms with Crippen LogP contribution < -0.4 is 5.73 Å². The molecule has 0 spiro atoms. The molecule has 1 aliphatic rings. The van der Waals surface area contributed by atoms with Crippen LogP contribution in [0, 0.1) is 0 Å². The van der Waals surface area contributed by atoms with Gasteiger partial charge < -0.3 is 5.73 Å². The minimum Gasteiger partial charge on any atom is -0.398 e. The van der Waals surface area contributed by atoms with Gasteiger partial charge in [0.25, 0.3) is 11.8 Å². The highest BCUT2D eigenvalue weighted by molar-refractivity contribution is 7.12. The van der Waals surface area contributed by atoms with Crippen molar-refractivity contribution in [1.82, 2.24) is 4.90 Å². The van der Waals surface area contributed by atoms with Crippen LogP contribution in [0.5, 0.6) is 0 Å². The molecule has 1 aliphatic heterocycles. The van der Waals surface area contributed by atoms with E-state index >= 15 is 0 Å². The number of anilines is 1. The second-order valence-corrected chi connectivity index (χ2v) is 6.28. The van der Waals surface area contributed by atoms with Crippen LogP contribution in [0.4, 0.5) is 5.69 Å². The maximum absolute atomic E-state index is 12.5. The van der Waals surface area contributed by atoms with Crippen molar-refractivity contribution in [3.63, 3.8) is 0 Å². The van der Waals surface area contributed by atoms with E-state index in [-0.39, 0.29) is 17.9 Å². The molecule has 3 rings (SSSR count). The van der Waals surface area contributed by atoms with Crippen LogP contribution in [0.25, 0.3) is 0 Å². The van der Waals surface area contributed by atoms with Gasteiger partial charge in [0.05, 0.1) is 17.2 Å². The third kappa shape index (κ3) is 2.05. The Morgan fingerprint density at radius 3 is 2.57 bits per heavy atom. The van der Waals surface area contributed by atoms with Crippen molar-refractivity contribution in [2.45, 2.75) is 26.3 Å². The minimum atomic E-state index is -0.299. The second-order valence-electron chi connectivity index (χ2n) is 5.08. The van der Waals surface area contributed by atoms with E-state index in [9.17, 15) is 9.59 Å². The van der Waals surface area contributed by atoms with Gasteiger partial charge in [0.2, 0.25) is 0 Å². The van der Waals surface area contributed by atoms with Crippen molar-refractivity contribution < 1.29 is 9.59 Å². The average Bonchev–Trinajstić information content (AvgIpc) is 3.04. The molecule has 2 heterocycles. The third-order valence-electron chi connectivity index (χ3n) is 3.81. The first-order chi connectivity index (χ1) is 10.0. The molecule has 0 saturated carbocycles. The van der Waals surface area contributed by atoms with Crippen molar-refractivity contribution in [2.75, 3.05) is 5.73 Å². The summed E-state index contributed by atoms with van der Waals surface area (Å²) in [6.07, 6.45) is 0.951. The van der Waals surface area contributed by atoms with Gasteiger partial charge in [-0.3, -0.25) is 14.5 Å². The quantitative estimate of drug-likeness (QED) is 0.699. The van der Waals surface area contributed by atoms with Gasteiger partial charge in [-0.2, -0.15) is 0 Å². The first kappa shape index (κ1) is 13.8. The number of carbonyl (C=O) groups excluding carboxylic acids is 2. The van der Waals surface area contributed by atoms with E-state index in [1.54, 1.807) is 29.5 Å². The maximum atomic E-state index is 12.5. The minimum absolute atomic E-state index is 0.263. The van der Waals surface area contributed by atoms with E-state index in [1.807, 2.05) is 19.1 Å². The number of nitrogens with zero attached hydrogens (tertiary/aromatic N) is 1. The number of fused-ring (bicyclic) bond motifs is 1. The topological polar surface area (TPSA) is 63.4 Å². The number of benzene rings is 1. The molecule has 1 unspecified atom stereocenters. The van der Waals surface area contributed by atoms with Crippen LogP contribution in [0.15, 0.2) is 30.3 Å². The first-order valence-corrected chi connectivity index (χ1v) is 7.71. The lowest BCUT2D eigenvalue weighted by Gasteiger charge is -2.21. The monoisotopic (exact) mass is 300 g/mol. The molecule has 1 aromatic heterocycles. The van der Waals surface area contributed by atoms with E-state index < -0.39 is 0 Å². The summed E-state index contributed by atoms with van der Waals surface area (Å²) in [5.74, 6) is -0.562. The summed E-state index contributed by atoms with van der Waals surface area (Å²) >= 11 is 1.64. The van der Waals surface area contributed by atoms with Gasteiger partial charge in [-0.05, 0) is 37.6 Å². The summed E-state index contributed by atoms with van der Waals surface area (Å²) in [5.41, 5.74) is 6.95. The Labute approximate surface area is 127 Å². The van der Waals surface area contributed by atoms with Crippen molar-refractivity contribution in [2.24, 2.45) is 0 Å². The smallest absolute Gasteiger partial charge is 0.264 e. The van der Waals surface area contributed by atoms with Crippen LogP contribution >= 0.6 is 11.3 Å². The molecular weight excluding hydrogens is 284 g/mol. The fraction of sp³-hybridized carbons (Fsp3) is 0.250. The third-order valence-corrected chi connectivity index (χ3v) is 5.21. The summed E-state index contributed by atoms with van der Waals surface area (Å²) in [6.45, 7) is 3.96. The average molecular weight is 300 g/mol. The molecule has 0 aliphatic carbocycles. The number of aryl methyl sites for hydroxylation is 1. The van der Waals surface area contributed by atoms with Crippen LogP contribution in [-0.2, 0) is 6.42 Å². The maximum Gasteiger partial charge on any atom is 0.264 e. The van der Waals surface area contributed by atoms with E-state index in [4.69, 9.17) is 5.73 Å². The Kier molecular flexibility index (Phi) is 3.29. The van der Waals surface area contributed by atoms with Gasteiger partial charge in [0, 0.05) is 15.4 Å². The Morgan fingerprint density at radius 1 is 1.19 bits per heavy atom. The Balaban J connectivity index is 1.99. The molecule has 0 radical (unpaired) electrons. The van der Waals surface area contributed by atoms with Gasteiger partial charge in [-0.15, -0.1) is 11.3 Å². The molecule has 2 amide bonds. The van der Waals surface area contributed by atoms with Gasteiger partial charge in [0.15, 0.2) is 0 Å². The van der Waals surface area contributed by atoms with Crippen LogP contribution in [0.1, 0.15) is 50.4 Å². The highest BCUT2D eigenvalue weighted by atomic mass is 32.1. The molecule has 0 fully saturated rings. The van der Waals surface area contributed by atoms with E-state index in [0.717, 1.165) is 11.3 Å². The van der Waals surface area contributed by atoms with Crippen molar-refractivity contribution in [1.29, 1.82) is 0 Å². The zero-order valence-electron chi connectivity index (χ0n) is 11.9. The molecule has 0 bridgehead atoms. The largest absolute Gasteiger partial charge is 0.398 e. The number of carbonyl (C=O) groups is 2. The van der Waals surface area contributed by atoms with Gasteiger partial charge in [-0.25, -0.2) is 0 Å². The fourth-order valence-electron chi connectivity index (χ4n) is 2.62. The summed E-state index contributed by atoms with van der Waals surface area (Å²) in [7, 11) is 0. The molecule has 2 aromatic rings. The number of hydrogen-bond donors (Lipinski definition) is 1. The van der Waals surface area contributed by atoms with Gasteiger partial charge >= 0.3 is 0 Å². The number of thiophene rings is 1. The summed E-state index contributed by atoms with van der Waals surface area (Å²) in [4.78, 5) is 28.6. The molecule has 21 heavy (non-hydrogen) atoms. The number of hydrogen-bond acceptors (Lipinski definition) is 4. The number of nitrogens with two attached hydrogens (primary N) is 1. The fourth-order valence-corrected chi connectivity index (χ4v) is 3.61. The molecule has 1 aromatic carbocycles. The van der Waals surface area contributed by atoms with Crippen LogP contribution in [0.2, 0.25) is 0 Å². The van der Waals surface area contributed by atoms with E-state index in [2.05, 4.69) is 6.92 Å². The first-order valence-electron chi connectivity index (χ1n) is 6.89. The lowest BCUT2D eigenvalue weighted by Crippen LogP contribution is -2.32. The Morgan fingerprint density at radius 2 is 1.95 bits per heavy atom. The summed E-state index contributed by atoms with van der Waals surface area (Å²) in [5, 5.41) is 0. The van der Waals surface area contributed by atoms with Crippen LogP contribution in [-0.4, -0.2) is 16.7 Å².